The van der Waals surface area contributed by atoms with E-state index in [-0.39, 0.29) is 5.54 Å². The normalized spacial score (nSPS) is 12.3. The maximum Gasteiger partial charge on any atom is 0.148 e. The minimum atomic E-state index is 0.0940. The Morgan fingerprint density at radius 3 is 2.53 bits per heavy atom. The molecule has 0 aliphatic rings. The fraction of sp³-hybridized carbons (Fsp3) is 0.385. The first-order valence-electron chi connectivity index (χ1n) is 5.48. The van der Waals surface area contributed by atoms with E-state index in [2.05, 4.69) is 70.1 Å². The molecule has 0 saturated heterocycles. The molecule has 0 radical (unpaired) electrons. The summed E-state index contributed by atoms with van der Waals surface area (Å²) >= 11 is 6.98. The number of furan rings is 1. The van der Waals surface area contributed by atoms with Crippen LogP contribution in [0.2, 0.25) is 0 Å². The average Bonchev–Trinajstić information content (AvgIpc) is 2.56. The Hall–Kier alpha value is -0.320. The van der Waals surface area contributed by atoms with Crippen molar-refractivity contribution < 1.29 is 4.42 Å². The third kappa shape index (κ3) is 3.33. The zero-order valence-corrected chi connectivity index (χ0v) is 13.3. The molecular weight excluding hydrogens is 346 g/mol. The van der Waals surface area contributed by atoms with Crippen molar-refractivity contribution in [2.24, 2.45) is 0 Å². The molecule has 17 heavy (non-hydrogen) atoms. The summed E-state index contributed by atoms with van der Waals surface area (Å²) in [5.74, 6) is 0.953. The van der Waals surface area contributed by atoms with Gasteiger partial charge in [-0.05, 0) is 54.9 Å². The predicted molar refractivity (Wildman–Crippen MR) is 78.2 cm³/mol. The number of fused-ring (bicyclic) bond motifs is 1. The SMILES string of the molecule is CC(C)(C)NCc1cc2cc(Br)cc(Br)c2o1. The summed E-state index contributed by atoms with van der Waals surface area (Å²) in [5, 5.41) is 4.52. The molecule has 2 nitrogen and oxygen atoms in total. The number of nitrogens with one attached hydrogen (secondary N) is 1. The lowest BCUT2D eigenvalue weighted by atomic mass is 10.1. The number of hydrogen-bond acceptors (Lipinski definition) is 2. The van der Waals surface area contributed by atoms with Gasteiger partial charge in [-0.25, -0.2) is 0 Å². The molecule has 0 aliphatic carbocycles. The Balaban J connectivity index is 2.29. The fourth-order valence-electron chi connectivity index (χ4n) is 1.57. The highest BCUT2D eigenvalue weighted by Gasteiger charge is 2.12. The third-order valence-electron chi connectivity index (χ3n) is 2.38. The first-order valence-corrected chi connectivity index (χ1v) is 7.06. The smallest absolute Gasteiger partial charge is 0.148 e. The van der Waals surface area contributed by atoms with E-state index in [4.69, 9.17) is 4.42 Å². The molecule has 1 aromatic heterocycles. The zero-order valence-electron chi connectivity index (χ0n) is 10.1. The summed E-state index contributed by atoms with van der Waals surface area (Å²) < 4.78 is 7.84. The van der Waals surface area contributed by atoms with Crippen molar-refractivity contribution >= 4 is 42.8 Å². The average molecular weight is 361 g/mol. The van der Waals surface area contributed by atoms with Crippen molar-refractivity contribution in [1.29, 1.82) is 0 Å². The second kappa shape index (κ2) is 4.75. The quantitative estimate of drug-likeness (QED) is 0.828. The predicted octanol–water partition coefficient (Wildman–Crippen LogP) is 4.85. The molecule has 2 aromatic rings. The molecule has 4 heteroatoms. The van der Waals surface area contributed by atoms with Gasteiger partial charge in [0, 0.05) is 15.4 Å². The minimum Gasteiger partial charge on any atom is -0.459 e. The highest BCUT2D eigenvalue weighted by molar-refractivity contribution is 9.11. The van der Waals surface area contributed by atoms with Gasteiger partial charge in [-0.1, -0.05) is 15.9 Å². The van der Waals surface area contributed by atoms with E-state index in [0.717, 1.165) is 32.2 Å². The van der Waals surface area contributed by atoms with Gasteiger partial charge in [0.15, 0.2) is 0 Å². The Morgan fingerprint density at radius 1 is 1.18 bits per heavy atom. The Morgan fingerprint density at radius 2 is 1.88 bits per heavy atom. The van der Waals surface area contributed by atoms with Crippen LogP contribution in [0.5, 0.6) is 0 Å². The monoisotopic (exact) mass is 359 g/mol. The molecule has 0 aliphatic heterocycles. The molecule has 0 saturated carbocycles. The van der Waals surface area contributed by atoms with Crippen molar-refractivity contribution in [1.82, 2.24) is 5.32 Å². The molecule has 0 fully saturated rings. The molecule has 0 unspecified atom stereocenters. The van der Waals surface area contributed by atoms with Crippen LogP contribution < -0.4 is 5.32 Å². The van der Waals surface area contributed by atoms with Crippen LogP contribution in [0.3, 0.4) is 0 Å². The van der Waals surface area contributed by atoms with Crippen LogP contribution in [0.15, 0.2) is 31.6 Å². The third-order valence-corrected chi connectivity index (χ3v) is 3.43. The first kappa shape index (κ1) is 13.1. The van der Waals surface area contributed by atoms with E-state index in [1.54, 1.807) is 0 Å². The molecule has 92 valence electrons. The number of hydrogen-bond donors (Lipinski definition) is 1. The molecular formula is C13H15Br2NO. The number of halogens is 2. The topological polar surface area (TPSA) is 25.2 Å². The van der Waals surface area contributed by atoms with Crippen molar-refractivity contribution in [3.05, 3.63) is 32.9 Å². The van der Waals surface area contributed by atoms with Crippen molar-refractivity contribution in [2.75, 3.05) is 0 Å². The summed E-state index contributed by atoms with van der Waals surface area (Å²) in [4.78, 5) is 0. The molecule has 2 rings (SSSR count). The Labute approximate surface area is 118 Å². The molecule has 1 aromatic carbocycles. The lowest BCUT2D eigenvalue weighted by Crippen LogP contribution is -2.34. The number of rotatable bonds is 2. The van der Waals surface area contributed by atoms with Crippen molar-refractivity contribution in [3.63, 3.8) is 0 Å². The van der Waals surface area contributed by atoms with Gasteiger partial charge in [0.2, 0.25) is 0 Å². The molecule has 0 amide bonds. The summed E-state index contributed by atoms with van der Waals surface area (Å²) in [6, 6.07) is 6.13. The van der Waals surface area contributed by atoms with Gasteiger partial charge in [-0.3, -0.25) is 0 Å². The van der Waals surface area contributed by atoms with Crippen LogP contribution in [-0.4, -0.2) is 5.54 Å². The van der Waals surface area contributed by atoms with Crippen LogP contribution in [0, 0.1) is 0 Å². The van der Waals surface area contributed by atoms with E-state index in [1.165, 1.54) is 0 Å². The standard InChI is InChI=1S/C13H15Br2NO/c1-13(2,3)16-7-10-5-8-4-9(14)6-11(15)12(8)17-10/h4-6,16H,7H2,1-3H3. The highest BCUT2D eigenvalue weighted by Crippen LogP contribution is 2.31. The van der Waals surface area contributed by atoms with Gasteiger partial charge >= 0.3 is 0 Å². The summed E-state index contributed by atoms with van der Waals surface area (Å²) in [5.41, 5.74) is 0.996. The molecule has 1 N–H and O–H groups in total. The second-order valence-electron chi connectivity index (χ2n) is 5.12. The molecule has 1 heterocycles. The Bertz CT molecular complexity index is 540. The summed E-state index contributed by atoms with van der Waals surface area (Å²) in [6.45, 7) is 7.16. The maximum atomic E-state index is 5.82. The molecule has 0 spiro atoms. The maximum absolute atomic E-state index is 5.82. The van der Waals surface area contributed by atoms with Gasteiger partial charge in [0.1, 0.15) is 11.3 Å². The second-order valence-corrected chi connectivity index (χ2v) is 6.89. The van der Waals surface area contributed by atoms with E-state index in [1.807, 2.05) is 6.07 Å². The van der Waals surface area contributed by atoms with Crippen LogP contribution in [-0.2, 0) is 6.54 Å². The van der Waals surface area contributed by atoms with Crippen molar-refractivity contribution in [2.45, 2.75) is 32.9 Å². The largest absolute Gasteiger partial charge is 0.459 e. The van der Waals surface area contributed by atoms with Gasteiger partial charge in [0.25, 0.3) is 0 Å². The zero-order chi connectivity index (χ0) is 12.6. The van der Waals surface area contributed by atoms with Gasteiger partial charge < -0.3 is 9.73 Å². The van der Waals surface area contributed by atoms with E-state index >= 15 is 0 Å². The van der Waals surface area contributed by atoms with Crippen LogP contribution >= 0.6 is 31.9 Å². The minimum absolute atomic E-state index is 0.0940. The van der Waals surface area contributed by atoms with E-state index < -0.39 is 0 Å². The first-order chi connectivity index (χ1) is 7.85. The van der Waals surface area contributed by atoms with Gasteiger partial charge in [0.05, 0.1) is 11.0 Å². The number of benzene rings is 1. The molecule has 0 atom stereocenters. The van der Waals surface area contributed by atoms with E-state index in [0.29, 0.717) is 0 Å². The summed E-state index contributed by atoms with van der Waals surface area (Å²) in [7, 11) is 0. The lowest BCUT2D eigenvalue weighted by Gasteiger charge is -2.19. The van der Waals surface area contributed by atoms with Gasteiger partial charge in [-0.2, -0.15) is 0 Å². The fourth-order valence-corrected chi connectivity index (χ4v) is 2.91. The summed E-state index contributed by atoms with van der Waals surface area (Å²) in [6.07, 6.45) is 0. The molecule has 0 bridgehead atoms. The Kier molecular flexibility index (Phi) is 3.66. The van der Waals surface area contributed by atoms with Crippen LogP contribution in [0.25, 0.3) is 11.0 Å². The van der Waals surface area contributed by atoms with Crippen LogP contribution in [0.4, 0.5) is 0 Å². The van der Waals surface area contributed by atoms with Gasteiger partial charge in [-0.15, -0.1) is 0 Å². The van der Waals surface area contributed by atoms with Crippen molar-refractivity contribution in [3.8, 4) is 0 Å². The van der Waals surface area contributed by atoms with E-state index in [9.17, 15) is 0 Å². The van der Waals surface area contributed by atoms with Crippen LogP contribution in [0.1, 0.15) is 26.5 Å². The highest BCUT2D eigenvalue weighted by atomic mass is 79.9. The lowest BCUT2D eigenvalue weighted by molar-refractivity contribution is 0.395.